The third kappa shape index (κ3) is 22.1. The molecule has 0 atom stereocenters. The number of amides is 2. The molecule has 0 saturated heterocycles. The van der Waals surface area contributed by atoms with Gasteiger partial charge in [-0.25, -0.2) is 19.4 Å². The zero-order chi connectivity index (χ0) is 66.2. The van der Waals surface area contributed by atoms with Crippen LogP contribution >= 0.6 is 0 Å². The predicted octanol–water partition coefficient (Wildman–Crippen LogP) is 10.6. The molecule has 0 spiro atoms. The van der Waals surface area contributed by atoms with Crippen LogP contribution in [0.1, 0.15) is 90.7 Å². The lowest BCUT2D eigenvalue weighted by Crippen LogP contribution is -2.33. The van der Waals surface area contributed by atoms with Crippen molar-refractivity contribution in [2.24, 2.45) is 0 Å². The number of fused-ring (bicyclic) bond motifs is 11. The van der Waals surface area contributed by atoms with Crippen LogP contribution < -0.4 is 55.4 Å². The minimum atomic E-state index is -0.858. The van der Waals surface area contributed by atoms with Gasteiger partial charge in [-0.15, -0.1) is 0 Å². The van der Waals surface area contributed by atoms with Crippen molar-refractivity contribution in [1.82, 2.24) is 49.4 Å². The van der Waals surface area contributed by atoms with Crippen LogP contribution in [0.3, 0.4) is 0 Å². The number of nitro groups is 2. The third-order valence-electron chi connectivity index (χ3n) is 12.3. The smallest absolute Gasteiger partial charge is 0.416 e. The third-order valence-corrected chi connectivity index (χ3v) is 12.3. The van der Waals surface area contributed by atoms with E-state index < -0.39 is 45.0 Å². The highest BCUT2D eigenvalue weighted by atomic mass is 20.0. The van der Waals surface area contributed by atoms with Crippen LogP contribution in [-0.2, 0) is 29.1 Å². The fourth-order valence-corrected chi connectivity index (χ4v) is 8.32. The van der Waals surface area contributed by atoms with Gasteiger partial charge in [0.2, 0.25) is 23.3 Å². The summed E-state index contributed by atoms with van der Waals surface area (Å²) in [6.45, 7) is 5.80. The van der Waals surface area contributed by atoms with Crippen molar-refractivity contribution < 1.29 is 89.9 Å². The second kappa shape index (κ2) is 39.8. The number of pyridine rings is 3. The van der Waals surface area contributed by atoms with Gasteiger partial charge in [0.25, 0.3) is 0 Å². The maximum atomic E-state index is 12.7. The monoisotopic (exact) mass is 1320 g/mol. The Morgan fingerprint density at radius 2 is 0.946 bits per heavy atom. The van der Waals surface area contributed by atoms with Crippen molar-refractivity contribution in [3.63, 3.8) is 0 Å². The molecule has 0 aromatic carbocycles. The molecular formula is C55H69F6N17O15. The Bertz CT molecular complexity index is 3540. The number of halogens is 6. The van der Waals surface area contributed by atoms with Crippen LogP contribution in [0.2, 0.25) is 0 Å². The molecule has 2 amide bonds. The van der Waals surface area contributed by atoms with E-state index in [1.807, 2.05) is 24.3 Å². The van der Waals surface area contributed by atoms with Crippen molar-refractivity contribution >= 4 is 63.7 Å². The number of nitrogens with two attached hydrogens (primary N) is 3. The van der Waals surface area contributed by atoms with Gasteiger partial charge in [0.15, 0.2) is 11.5 Å². The minimum absolute atomic E-state index is 0. The lowest BCUT2D eigenvalue weighted by Gasteiger charge is -2.21. The van der Waals surface area contributed by atoms with Crippen molar-refractivity contribution in [2.75, 3.05) is 79.9 Å². The highest BCUT2D eigenvalue weighted by molar-refractivity contribution is 5.92. The summed E-state index contributed by atoms with van der Waals surface area (Å²) in [4.78, 5) is 86.3. The summed E-state index contributed by atoms with van der Waals surface area (Å²) in [6.07, 6.45) is 12.4. The molecule has 32 nitrogen and oxygen atoms in total. The number of anilines is 5. The van der Waals surface area contributed by atoms with E-state index in [0.29, 0.717) is 79.7 Å². The average Bonchev–Trinajstić information content (AvgIpc) is 1.81. The number of hydrogen-bond acceptors (Lipinski definition) is 27. The molecule has 0 unspecified atom stereocenters. The number of carbonyl (C=O) groups is 2. The van der Waals surface area contributed by atoms with E-state index in [4.69, 9.17) is 82.5 Å². The summed E-state index contributed by atoms with van der Waals surface area (Å²) in [5, 5.41) is 34.2. The van der Waals surface area contributed by atoms with Gasteiger partial charge in [0, 0.05) is 70.3 Å². The van der Waals surface area contributed by atoms with Gasteiger partial charge < -0.3 is 60.2 Å². The van der Waals surface area contributed by atoms with E-state index in [9.17, 15) is 34.9 Å². The molecule has 0 fully saturated rings. The molecule has 38 heteroatoms. The summed E-state index contributed by atoms with van der Waals surface area (Å²) < 4.78 is 93.5. The highest BCUT2D eigenvalue weighted by Gasteiger charge is 2.35. The molecule has 93 heavy (non-hydrogen) atoms. The lowest BCUT2D eigenvalue weighted by molar-refractivity contribution is -0.383. The van der Waals surface area contributed by atoms with Crippen LogP contribution in [0.25, 0.3) is 11.0 Å². The molecular weight excluding hydrogens is 1250 g/mol. The second-order valence-corrected chi connectivity index (χ2v) is 18.3. The number of rotatable bonds is 4. The lowest BCUT2D eigenvalue weighted by atomic mass is 10.2. The van der Waals surface area contributed by atoms with E-state index in [2.05, 4.69) is 44.9 Å². The Morgan fingerprint density at radius 3 is 1.39 bits per heavy atom. The second-order valence-electron chi connectivity index (χ2n) is 18.3. The summed E-state index contributed by atoms with van der Waals surface area (Å²) in [5.41, 5.74) is 18.4. The maximum Gasteiger partial charge on any atom is 0.416 e. The number of carbonyl (C=O) groups excluding carboxylic acids is 2. The molecule has 506 valence electrons. The molecule has 0 saturated carbocycles. The molecule has 10 rings (SSSR count). The Balaban J connectivity index is 0.000000347. The van der Waals surface area contributed by atoms with Crippen molar-refractivity contribution in [1.29, 1.82) is 0 Å². The summed E-state index contributed by atoms with van der Waals surface area (Å²) in [5.74, 6) is 0.673. The van der Waals surface area contributed by atoms with Crippen LogP contribution in [0, 0.1) is 20.2 Å². The fourth-order valence-electron chi connectivity index (χ4n) is 8.32. The van der Waals surface area contributed by atoms with E-state index in [0.717, 1.165) is 53.3 Å². The molecule has 7 aromatic rings. The molecule has 0 aliphatic carbocycles. The number of nitrogen functional groups attached to an aromatic ring is 3. The molecule has 10 heterocycles. The van der Waals surface area contributed by atoms with Crippen LogP contribution in [0.4, 0.5) is 77.5 Å². The SMILES string of the molecule is C.C.CCOC(=O)N1Cc2cc(ccn2)OC/C=C\CCOc2nc(N)c([N+](=O)[O-])c1n2.CCOC(=O)N1Cc2cc(ccn2)OCCCCCOc2nc(N)c([N+](=O)[O-])c1n2.FF.FF.FF.Nc1nc2nc3c1cc(O)n3Cc1cc(ccn1)OCCCCCO2. The van der Waals surface area contributed by atoms with Gasteiger partial charge >= 0.3 is 41.6 Å². The number of ether oxygens (including phenoxy) is 8. The molecule has 7 aromatic heterocycles. The van der Waals surface area contributed by atoms with E-state index in [1.54, 1.807) is 54.9 Å². The normalized spacial score (nSPS) is 13.8. The topological polar surface area (TPSA) is 420 Å². The van der Waals surface area contributed by atoms with Crippen LogP contribution in [-0.4, -0.2) is 129 Å². The number of nitrogens with zero attached hydrogens (tertiary/aromatic N) is 14. The van der Waals surface area contributed by atoms with Crippen LogP contribution in [0.5, 0.6) is 41.2 Å². The fraction of sp³-hybridized carbons (Fsp3) is 0.400. The van der Waals surface area contributed by atoms with Crippen LogP contribution in [0.15, 0.2) is 73.2 Å². The van der Waals surface area contributed by atoms with Gasteiger partial charge in [-0.05, 0) is 77.0 Å². The summed E-state index contributed by atoms with van der Waals surface area (Å²) in [7, 11) is 0. The zero-order valence-electron chi connectivity index (χ0n) is 48.6. The number of aromatic hydroxyl groups is 1. The minimum Gasteiger partial charge on any atom is -0.494 e. The summed E-state index contributed by atoms with van der Waals surface area (Å²) >= 11 is 0. The van der Waals surface area contributed by atoms with Crippen molar-refractivity contribution in [3.05, 3.63) is 111 Å². The van der Waals surface area contributed by atoms with Gasteiger partial charge in [-0.1, -0.05) is 27.0 Å². The first-order valence-corrected chi connectivity index (χ1v) is 27.3. The molecule has 3 aliphatic heterocycles. The van der Waals surface area contributed by atoms with Crippen molar-refractivity contribution in [3.8, 4) is 41.2 Å². The highest BCUT2D eigenvalue weighted by Crippen LogP contribution is 2.37. The first-order valence-electron chi connectivity index (χ1n) is 27.3. The maximum absolute atomic E-state index is 12.7. The molecule has 7 N–H and O–H groups in total. The number of hydrogen-bond donors (Lipinski definition) is 4. The Morgan fingerprint density at radius 1 is 0.548 bits per heavy atom. The zero-order valence-corrected chi connectivity index (χ0v) is 48.6. The van der Waals surface area contributed by atoms with Gasteiger partial charge in [-0.2, -0.15) is 29.9 Å². The largest absolute Gasteiger partial charge is 0.494 e. The van der Waals surface area contributed by atoms with E-state index >= 15 is 0 Å². The van der Waals surface area contributed by atoms with Crippen molar-refractivity contribution in [2.45, 2.75) is 93.3 Å². The molecule has 3 aliphatic rings. The summed E-state index contributed by atoms with van der Waals surface area (Å²) in [6, 6.07) is 11.8. The van der Waals surface area contributed by atoms with Gasteiger partial charge in [0.05, 0.1) is 98.2 Å². The quantitative estimate of drug-likeness (QED) is 0.0550. The Labute approximate surface area is 526 Å². The Kier molecular flexibility index (Phi) is 32.6. The van der Waals surface area contributed by atoms with Gasteiger partial charge in [-0.3, -0.25) is 39.7 Å². The van der Waals surface area contributed by atoms with E-state index in [1.165, 1.54) is 12.4 Å². The van der Waals surface area contributed by atoms with Gasteiger partial charge in [0.1, 0.15) is 29.7 Å². The molecule has 0 radical (unpaired) electrons. The Hall–Kier alpha value is -11.1. The average molecular weight is 1320 g/mol. The predicted molar refractivity (Wildman–Crippen MR) is 323 cm³/mol. The first kappa shape index (κ1) is 76.1. The number of aromatic nitrogens is 10. The first-order chi connectivity index (χ1) is 44.2. The standard InChI is InChI=1S/C18H22N6O6.C18H20N6O6.C17H19N5O3.2CH4.3F2/c2*1-2-28-18(25)23-11-12-10-13(6-7-20-12)29-8-4-3-5-9-30-17-21-15(19)14(24(26)27)16(23)22-17;18-15-13-9-14(23)22-10-11-8-12(4-5-19-11)24-6-2-1-3-7-25-17(20-15)21-16(13)22;;;3*1-2/h6-7,10H,2-5,8-9,11H2,1H3,(H2,19,21,22);3-4,6-7,10H,2,5,8-9,11H2,1H3,(H2,19,21,22);4-5,8-9,23H,1-3,6-7,10H2,(H2,18,20,21);2*1H4;;;/b;4-3-;;;;;;. The van der Waals surface area contributed by atoms with E-state index in [-0.39, 0.29) is 95.7 Å². The molecule has 12 bridgehead atoms.